The van der Waals surface area contributed by atoms with Crippen molar-refractivity contribution in [2.24, 2.45) is 0 Å². The van der Waals surface area contributed by atoms with Crippen LogP contribution in [0, 0.1) is 0 Å². The normalized spacial score (nSPS) is 10.3. The van der Waals surface area contributed by atoms with Gasteiger partial charge in [0, 0.05) is 17.9 Å². The fourth-order valence-corrected chi connectivity index (χ4v) is 1.99. The lowest BCUT2D eigenvalue weighted by atomic mass is 10.1. The predicted octanol–water partition coefficient (Wildman–Crippen LogP) is 3.83. The minimum atomic E-state index is 0.804. The maximum absolute atomic E-state index is 5.75. The molecular formula is C16H20N2. The van der Waals surface area contributed by atoms with Crippen molar-refractivity contribution in [2.75, 3.05) is 11.1 Å². The van der Waals surface area contributed by atoms with Crippen LogP contribution in [0.5, 0.6) is 0 Å². The van der Waals surface area contributed by atoms with Gasteiger partial charge in [-0.2, -0.15) is 0 Å². The third kappa shape index (κ3) is 3.52. The smallest absolute Gasteiger partial charge is 0.0401 e. The van der Waals surface area contributed by atoms with Crippen LogP contribution in [0.15, 0.2) is 48.5 Å². The summed E-state index contributed by atoms with van der Waals surface area (Å²) in [5.74, 6) is 0. The third-order valence-electron chi connectivity index (χ3n) is 2.94. The van der Waals surface area contributed by atoms with Gasteiger partial charge in [-0.05, 0) is 41.8 Å². The molecule has 0 atom stereocenters. The van der Waals surface area contributed by atoms with E-state index >= 15 is 0 Å². The van der Waals surface area contributed by atoms with Crippen molar-refractivity contribution in [3.05, 3.63) is 59.7 Å². The second kappa shape index (κ2) is 6.10. The lowest BCUT2D eigenvalue weighted by Gasteiger charge is -2.08. The van der Waals surface area contributed by atoms with Crippen molar-refractivity contribution in [1.82, 2.24) is 0 Å². The molecule has 0 heterocycles. The SMILES string of the molecule is CCCc1ccc(NCc2cccc(N)c2)cc1. The Kier molecular flexibility index (Phi) is 4.24. The van der Waals surface area contributed by atoms with Gasteiger partial charge in [0.25, 0.3) is 0 Å². The zero-order valence-electron chi connectivity index (χ0n) is 10.8. The molecule has 0 aliphatic heterocycles. The van der Waals surface area contributed by atoms with Gasteiger partial charge in [0.05, 0.1) is 0 Å². The van der Waals surface area contributed by atoms with Gasteiger partial charge in [0.1, 0.15) is 0 Å². The summed E-state index contributed by atoms with van der Waals surface area (Å²) in [5.41, 5.74) is 10.3. The zero-order valence-corrected chi connectivity index (χ0v) is 10.8. The van der Waals surface area contributed by atoms with E-state index in [-0.39, 0.29) is 0 Å². The molecule has 0 saturated heterocycles. The second-order valence-corrected chi connectivity index (χ2v) is 4.55. The molecule has 0 bridgehead atoms. The standard InChI is InChI=1S/C16H20N2/c1-2-4-13-7-9-16(10-8-13)18-12-14-5-3-6-15(17)11-14/h3,5-11,18H,2,4,12,17H2,1H3. The van der Waals surface area contributed by atoms with E-state index in [4.69, 9.17) is 5.73 Å². The molecule has 0 aromatic heterocycles. The summed E-state index contributed by atoms with van der Waals surface area (Å²) in [6.45, 7) is 3.00. The molecule has 94 valence electrons. The van der Waals surface area contributed by atoms with Gasteiger partial charge in [0.15, 0.2) is 0 Å². The van der Waals surface area contributed by atoms with E-state index in [2.05, 4.69) is 42.6 Å². The van der Waals surface area contributed by atoms with Crippen LogP contribution in [0.2, 0.25) is 0 Å². The van der Waals surface area contributed by atoms with E-state index in [1.807, 2.05) is 18.2 Å². The summed E-state index contributed by atoms with van der Waals surface area (Å²) >= 11 is 0. The molecule has 18 heavy (non-hydrogen) atoms. The monoisotopic (exact) mass is 240 g/mol. The van der Waals surface area contributed by atoms with E-state index in [9.17, 15) is 0 Å². The molecule has 2 aromatic carbocycles. The van der Waals surface area contributed by atoms with Crippen molar-refractivity contribution in [3.8, 4) is 0 Å². The maximum Gasteiger partial charge on any atom is 0.0401 e. The summed E-state index contributed by atoms with van der Waals surface area (Å²) in [6.07, 6.45) is 2.34. The van der Waals surface area contributed by atoms with Crippen LogP contribution >= 0.6 is 0 Å². The number of nitrogens with one attached hydrogen (secondary N) is 1. The van der Waals surface area contributed by atoms with Gasteiger partial charge >= 0.3 is 0 Å². The van der Waals surface area contributed by atoms with E-state index in [1.165, 1.54) is 17.5 Å². The number of rotatable bonds is 5. The zero-order chi connectivity index (χ0) is 12.8. The number of benzene rings is 2. The molecule has 0 saturated carbocycles. The number of nitrogens with two attached hydrogens (primary N) is 1. The fourth-order valence-electron chi connectivity index (χ4n) is 1.99. The molecule has 0 radical (unpaired) electrons. The number of hydrogen-bond acceptors (Lipinski definition) is 2. The van der Waals surface area contributed by atoms with Crippen LogP contribution in [0.3, 0.4) is 0 Å². The van der Waals surface area contributed by atoms with Crippen LogP contribution in [0.25, 0.3) is 0 Å². The quantitative estimate of drug-likeness (QED) is 0.779. The largest absolute Gasteiger partial charge is 0.399 e. The summed E-state index contributed by atoms with van der Waals surface area (Å²) in [6, 6.07) is 16.6. The molecule has 0 aliphatic carbocycles. The Balaban J connectivity index is 1.93. The molecule has 2 nitrogen and oxygen atoms in total. The van der Waals surface area contributed by atoms with Crippen LogP contribution in [-0.4, -0.2) is 0 Å². The molecule has 0 aliphatic rings. The van der Waals surface area contributed by atoms with Crippen LogP contribution < -0.4 is 11.1 Å². The number of aryl methyl sites for hydroxylation is 1. The highest BCUT2D eigenvalue weighted by atomic mass is 14.9. The Labute approximate surface area is 109 Å². The highest BCUT2D eigenvalue weighted by Gasteiger charge is 1.96. The first-order valence-electron chi connectivity index (χ1n) is 6.45. The molecule has 2 aromatic rings. The van der Waals surface area contributed by atoms with Gasteiger partial charge in [-0.1, -0.05) is 37.6 Å². The summed E-state index contributed by atoms with van der Waals surface area (Å²) < 4.78 is 0. The van der Waals surface area contributed by atoms with Crippen LogP contribution in [0.4, 0.5) is 11.4 Å². The first-order valence-corrected chi connectivity index (χ1v) is 6.45. The minimum Gasteiger partial charge on any atom is -0.399 e. The van der Waals surface area contributed by atoms with E-state index in [1.54, 1.807) is 0 Å². The fraction of sp³-hybridized carbons (Fsp3) is 0.250. The van der Waals surface area contributed by atoms with Crippen molar-refractivity contribution in [1.29, 1.82) is 0 Å². The molecule has 2 heteroatoms. The molecule has 3 N–H and O–H groups in total. The topological polar surface area (TPSA) is 38.0 Å². The third-order valence-corrected chi connectivity index (χ3v) is 2.94. The Hall–Kier alpha value is -1.96. The van der Waals surface area contributed by atoms with Gasteiger partial charge in [-0.15, -0.1) is 0 Å². The van der Waals surface area contributed by atoms with Crippen molar-refractivity contribution in [3.63, 3.8) is 0 Å². The number of anilines is 2. The number of hydrogen-bond donors (Lipinski definition) is 2. The Morgan fingerprint density at radius 3 is 2.44 bits per heavy atom. The Morgan fingerprint density at radius 1 is 1.00 bits per heavy atom. The van der Waals surface area contributed by atoms with Crippen LogP contribution in [0.1, 0.15) is 24.5 Å². The summed E-state index contributed by atoms with van der Waals surface area (Å²) in [7, 11) is 0. The Bertz CT molecular complexity index is 489. The molecule has 2 rings (SSSR count). The molecule has 0 fully saturated rings. The van der Waals surface area contributed by atoms with E-state index in [0.717, 1.165) is 24.3 Å². The highest BCUT2D eigenvalue weighted by Crippen LogP contribution is 2.13. The summed E-state index contributed by atoms with van der Waals surface area (Å²) in [5, 5.41) is 3.40. The molecule has 0 spiro atoms. The van der Waals surface area contributed by atoms with Gasteiger partial charge in [0.2, 0.25) is 0 Å². The lowest BCUT2D eigenvalue weighted by Crippen LogP contribution is -2.00. The second-order valence-electron chi connectivity index (χ2n) is 4.55. The van der Waals surface area contributed by atoms with Gasteiger partial charge < -0.3 is 11.1 Å². The molecular weight excluding hydrogens is 220 g/mol. The Morgan fingerprint density at radius 2 is 1.78 bits per heavy atom. The minimum absolute atomic E-state index is 0.804. The van der Waals surface area contributed by atoms with Crippen molar-refractivity contribution >= 4 is 11.4 Å². The average Bonchev–Trinajstić information content (AvgIpc) is 2.38. The molecule has 0 amide bonds. The predicted molar refractivity (Wildman–Crippen MR) is 78.6 cm³/mol. The lowest BCUT2D eigenvalue weighted by molar-refractivity contribution is 0.922. The van der Waals surface area contributed by atoms with E-state index in [0.29, 0.717) is 0 Å². The van der Waals surface area contributed by atoms with E-state index < -0.39 is 0 Å². The van der Waals surface area contributed by atoms with Gasteiger partial charge in [-0.25, -0.2) is 0 Å². The van der Waals surface area contributed by atoms with Crippen molar-refractivity contribution in [2.45, 2.75) is 26.3 Å². The maximum atomic E-state index is 5.75. The average molecular weight is 240 g/mol. The van der Waals surface area contributed by atoms with Crippen LogP contribution in [-0.2, 0) is 13.0 Å². The van der Waals surface area contributed by atoms with Crippen molar-refractivity contribution < 1.29 is 0 Å². The highest BCUT2D eigenvalue weighted by molar-refractivity contribution is 5.47. The summed E-state index contributed by atoms with van der Waals surface area (Å²) in [4.78, 5) is 0. The van der Waals surface area contributed by atoms with Gasteiger partial charge in [-0.3, -0.25) is 0 Å². The first-order chi connectivity index (χ1) is 8.78. The first kappa shape index (κ1) is 12.5. The molecule has 0 unspecified atom stereocenters. The number of nitrogen functional groups attached to an aromatic ring is 1.